The van der Waals surface area contributed by atoms with Crippen LogP contribution >= 0.6 is 0 Å². The van der Waals surface area contributed by atoms with Crippen molar-refractivity contribution in [2.24, 2.45) is 10.2 Å². The summed E-state index contributed by atoms with van der Waals surface area (Å²) in [5.41, 5.74) is 3.12. The number of hydrogen-bond donors (Lipinski definition) is 0. The van der Waals surface area contributed by atoms with Gasteiger partial charge in [0.15, 0.2) is 0 Å². The summed E-state index contributed by atoms with van der Waals surface area (Å²) in [6.45, 7) is 5.25. The Morgan fingerprint density at radius 1 is 0.630 bits per heavy atom. The number of ether oxygens (including phenoxy) is 1. The van der Waals surface area contributed by atoms with Crippen molar-refractivity contribution in [3.63, 3.8) is 0 Å². The Bertz CT molecular complexity index is 647. The van der Waals surface area contributed by atoms with Crippen LogP contribution in [0, 0.1) is 0 Å². The van der Waals surface area contributed by atoms with Crippen molar-refractivity contribution in [2.75, 3.05) is 6.61 Å². The number of rotatable bonds is 13. The molecule has 3 nitrogen and oxygen atoms in total. The van der Waals surface area contributed by atoms with E-state index in [2.05, 4.69) is 36.2 Å². The number of unbranched alkanes of at least 4 members (excludes halogenated alkanes) is 6. The molecule has 0 amide bonds. The predicted molar refractivity (Wildman–Crippen MR) is 115 cm³/mol. The molecule has 0 bridgehead atoms. The van der Waals surface area contributed by atoms with Gasteiger partial charge in [-0.1, -0.05) is 64.5 Å². The monoisotopic (exact) mass is 366 g/mol. The maximum Gasteiger partial charge on any atom is 0.119 e. The van der Waals surface area contributed by atoms with Crippen LogP contribution in [0.5, 0.6) is 5.75 Å². The summed E-state index contributed by atoms with van der Waals surface area (Å²) < 4.78 is 5.76. The van der Waals surface area contributed by atoms with Crippen molar-refractivity contribution >= 4 is 11.4 Å². The molecule has 0 aliphatic carbocycles. The van der Waals surface area contributed by atoms with Gasteiger partial charge in [-0.3, -0.25) is 0 Å². The van der Waals surface area contributed by atoms with Crippen LogP contribution in [0.2, 0.25) is 0 Å². The van der Waals surface area contributed by atoms with E-state index in [4.69, 9.17) is 4.74 Å². The van der Waals surface area contributed by atoms with E-state index in [0.717, 1.165) is 36.6 Å². The lowest BCUT2D eigenvalue weighted by molar-refractivity contribution is 0.305. The van der Waals surface area contributed by atoms with E-state index in [0.29, 0.717) is 0 Å². The highest BCUT2D eigenvalue weighted by Crippen LogP contribution is 2.22. The average molecular weight is 367 g/mol. The van der Waals surface area contributed by atoms with E-state index in [1.807, 2.05) is 36.4 Å². The molecule has 146 valence electrons. The molecule has 0 aliphatic heterocycles. The minimum atomic E-state index is 0.783. The molecular formula is C24H34N2O. The zero-order valence-corrected chi connectivity index (χ0v) is 17.0. The van der Waals surface area contributed by atoms with Gasteiger partial charge in [-0.2, -0.15) is 10.2 Å². The smallest absolute Gasteiger partial charge is 0.119 e. The molecule has 0 heterocycles. The second-order valence-electron chi connectivity index (χ2n) is 7.08. The Labute approximate surface area is 164 Å². The van der Waals surface area contributed by atoms with Crippen molar-refractivity contribution in [3.05, 3.63) is 54.1 Å². The molecule has 2 aromatic carbocycles. The van der Waals surface area contributed by atoms with Crippen molar-refractivity contribution in [2.45, 2.75) is 71.6 Å². The van der Waals surface area contributed by atoms with Crippen molar-refractivity contribution in [1.82, 2.24) is 0 Å². The second kappa shape index (κ2) is 13.1. The van der Waals surface area contributed by atoms with Crippen LogP contribution in [0.4, 0.5) is 11.4 Å². The van der Waals surface area contributed by atoms with Crippen LogP contribution < -0.4 is 4.74 Å². The molecule has 2 aromatic rings. The molecule has 0 aliphatic rings. The fourth-order valence-electron chi connectivity index (χ4n) is 2.93. The van der Waals surface area contributed by atoms with Crippen LogP contribution in [0.15, 0.2) is 58.8 Å². The molecule has 0 unspecified atom stereocenters. The summed E-state index contributed by atoms with van der Waals surface area (Å²) in [5, 5.41) is 8.66. The summed E-state index contributed by atoms with van der Waals surface area (Å²) in [6.07, 6.45) is 11.2. The molecule has 0 aromatic heterocycles. The minimum Gasteiger partial charge on any atom is -0.494 e. The van der Waals surface area contributed by atoms with E-state index in [9.17, 15) is 0 Å². The first-order chi connectivity index (χ1) is 13.3. The Morgan fingerprint density at radius 2 is 1.19 bits per heavy atom. The fourth-order valence-corrected chi connectivity index (χ4v) is 2.93. The summed E-state index contributed by atoms with van der Waals surface area (Å²) in [6, 6.07) is 16.3. The highest BCUT2D eigenvalue weighted by atomic mass is 16.5. The van der Waals surface area contributed by atoms with E-state index in [1.165, 1.54) is 50.5 Å². The maximum atomic E-state index is 5.76. The molecule has 0 atom stereocenters. The maximum absolute atomic E-state index is 5.76. The lowest BCUT2D eigenvalue weighted by Gasteiger charge is -2.05. The van der Waals surface area contributed by atoms with Crippen LogP contribution in [-0.2, 0) is 6.42 Å². The van der Waals surface area contributed by atoms with Crippen LogP contribution in [0.3, 0.4) is 0 Å². The fraction of sp³-hybridized carbons (Fsp3) is 0.500. The molecule has 2 rings (SSSR count). The first-order valence-electron chi connectivity index (χ1n) is 10.6. The van der Waals surface area contributed by atoms with Gasteiger partial charge in [0.25, 0.3) is 0 Å². The van der Waals surface area contributed by atoms with Crippen molar-refractivity contribution in [1.29, 1.82) is 0 Å². The molecule has 0 saturated carbocycles. The van der Waals surface area contributed by atoms with Gasteiger partial charge in [0.1, 0.15) is 5.75 Å². The number of azo groups is 1. The van der Waals surface area contributed by atoms with Gasteiger partial charge < -0.3 is 4.74 Å². The number of hydrogen-bond acceptors (Lipinski definition) is 3. The van der Waals surface area contributed by atoms with E-state index < -0.39 is 0 Å². The summed E-state index contributed by atoms with van der Waals surface area (Å²) in [4.78, 5) is 0. The molecule has 0 saturated heterocycles. The second-order valence-corrected chi connectivity index (χ2v) is 7.08. The number of benzene rings is 2. The van der Waals surface area contributed by atoms with Crippen LogP contribution in [0.25, 0.3) is 0 Å². The highest BCUT2D eigenvalue weighted by Gasteiger charge is 1.97. The highest BCUT2D eigenvalue weighted by molar-refractivity contribution is 5.43. The third kappa shape index (κ3) is 8.85. The Kier molecular flexibility index (Phi) is 10.2. The molecule has 0 spiro atoms. The third-order valence-corrected chi connectivity index (χ3v) is 4.64. The van der Waals surface area contributed by atoms with E-state index in [-0.39, 0.29) is 0 Å². The molecule has 0 N–H and O–H groups in total. The van der Waals surface area contributed by atoms with Gasteiger partial charge in [0.2, 0.25) is 0 Å². The predicted octanol–water partition coefficient (Wildman–Crippen LogP) is 8.18. The summed E-state index contributed by atoms with van der Waals surface area (Å²) in [5.74, 6) is 0.901. The Hall–Kier alpha value is -2.16. The van der Waals surface area contributed by atoms with E-state index >= 15 is 0 Å². The third-order valence-electron chi connectivity index (χ3n) is 4.64. The van der Waals surface area contributed by atoms with Crippen LogP contribution in [-0.4, -0.2) is 6.61 Å². The zero-order chi connectivity index (χ0) is 19.2. The quantitative estimate of drug-likeness (QED) is 0.260. The standard InChI is InChI=1S/C24H34N2O/c1-3-5-7-9-11-21-12-14-22(15-13-21)25-26-23-16-18-24(19-17-23)27-20-10-8-6-4-2/h12-19H,3-11,20H2,1-2H3/b26-25+. The lowest BCUT2D eigenvalue weighted by atomic mass is 10.1. The lowest BCUT2D eigenvalue weighted by Crippen LogP contribution is -1.96. The van der Waals surface area contributed by atoms with Crippen molar-refractivity contribution < 1.29 is 4.74 Å². The van der Waals surface area contributed by atoms with Gasteiger partial charge in [0.05, 0.1) is 18.0 Å². The number of nitrogens with zero attached hydrogens (tertiary/aromatic N) is 2. The van der Waals surface area contributed by atoms with Gasteiger partial charge in [-0.25, -0.2) is 0 Å². The van der Waals surface area contributed by atoms with Gasteiger partial charge in [-0.05, 0) is 61.2 Å². The normalized spacial score (nSPS) is 11.2. The summed E-state index contributed by atoms with van der Waals surface area (Å²) >= 11 is 0. The number of aryl methyl sites for hydroxylation is 1. The molecule has 0 radical (unpaired) electrons. The van der Waals surface area contributed by atoms with Gasteiger partial charge in [-0.15, -0.1) is 0 Å². The average Bonchev–Trinajstić information content (AvgIpc) is 2.71. The Balaban J connectivity index is 1.76. The summed E-state index contributed by atoms with van der Waals surface area (Å²) in [7, 11) is 0. The van der Waals surface area contributed by atoms with E-state index in [1.54, 1.807) is 0 Å². The van der Waals surface area contributed by atoms with Gasteiger partial charge >= 0.3 is 0 Å². The SMILES string of the molecule is CCCCCCOc1ccc(/N=N/c2ccc(CCCCCC)cc2)cc1. The molecule has 3 heteroatoms. The molecule has 0 fully saturated rings. The largest absolute Gasteiger partial charge is 0.494 e. The minimum absolute atomic E-state index is 0.783. The topological polar surface area (TPSA) is 34.0 Å². The van der Waals surface area contributed by atoms with Gasteiger partial charge in [0, 0.05) is 0 Å². The zero-order valence-electron chi connectivity index (χ0n) is 17.0. The Morgan fingerprint density at radius 3 is 1.78 bits per heavy atom. The molecule has 27 heavy (non-hydrogen) atoms. The first kappa shape index (κ1) is 21.1. The molecular weight excluding hydrogens is 332 g/mol. The first-order valence-corrected chi connectivity index (χ1v) is 10.6. The van der Waals surface area contributed by atoms with Crippen molar-refractivity contribution in [3.8, 4) is 5.75 Å². The van der Waals surface area contributed by atoms with Crippen LogP contribution in [0.1, 0.15) is 70.8 Å².